The van der Waals surface area contributed by atoms with Crippen molar-refractivity contribution >= 4 is 0 Å². The van der Waals surface area contributed by atoms with Crippen LogP contribution < -0.4 is 12.4 Å². The highest BCUT2D eigenvalue weighted by Crippen LogP contribution is 2.14. The lowest BCUT2D eigenvalue weighted by molar-refractivity contribution is -1.24. The van der Waals surface area contributed by atoms with Crippen LogP contribution in [0.2, 0.25) is 0 Å². The molecule has 0 aromatic heterocycles. The van der Waals surface area contributed by atoms with Crippen LogP contribution in [0.5, 0.6) is 0 Å². The van der Waals surface area contributed by atoms with E-state index in [-0.39, 0.29) is 12.4 Å². The first-order valence-electron chi connectivity index (χ1n) is 10.9. The molecule has 0 amide bonds. The highest BCUT2D eigenvalue weighted by Gasteiger charge is 2.17. The van der Waals surface area contributed by atoms with Crippen molar-refractivity contribution in [2.75, 3.05) is 13.1 Å². The normalized spacial score (nSPS) is 11.5. The Hall–Kier alpha value is 0.170. The molecule has 0 atom stereocenters. The predicted octanol–water partition coefficient (Wildman–Crippen LogP) is 4.26. The zero-order valence-electron chi connectivity index (χ0n) is 17.2. The van der Waals surface area contributed by atoms with E-state index in [1.165, 1.54) is 96.3 Å². The molecule has 0 aromatic carbocycles. The summed E-state index contributed by atoms with van der Waals surface area (Å²) >= 11 is 0. The summed E-state index contributed by atoms with van der Waals surface area (Å²) < 4.78 is 0. The van der Waals surface area contributed by atoms with Crippen molar-refractivity contribution in [3.63, 3.8) is 0 Å². The van der Waals surface area contributed by atoms with Crippen LogP contribution in [0.4, 0.5) is 0 Å². The molecule has 0 rings (SSSR count). The van der Waals surface area contributed by atoms with Gasteiger partial charge in [0.1, 0.15) is 13.1 Å². The Labute approximate surface area is 164 Å². The third-order valence-corrected chi connectivity index (χ3v) is 5.13. The topological polar surface area (TPSA) is 40.5 Å². The van der Waals surface area contributed by atoms with E-state index < -0.39 is 4.81 Å². The molecule has 0 aliphatic rings. The van der Waals surface area contributed by atoms with Crippen LogP contribution in [0.15, 0.2) is 0 Å². The molecular weight excluding hydrogens is 334 g/mol. The van der Waals surface area contributed by atoms with E-state index in [0.29, 0.717) is 13.1 Å². The molecule has 3 nitrogen and oxygen atoms in total. The van der Waals surface area contributed by atoms with Gasteiger partial charge < -0.3 is 12.4 Å². The van der Waals surface area contributed by atoms with Crippen LogP contribution >= 0.6 is 0 Å². The second-order valence-electron chi connectivity index (χ2n) is 7.58. The molecule has 0 aromatic rings. The van der Waals surface area contributed by atoms with E-state index in [1.54, 1.807) is 6.92 Å². The van der Waals surface area contributed by atoms with Gasteiger partial charge in [-0.15, -0.1) is 0 Å². The van der Waals surface area contributed by atoms with Crippen molar-refractivity contribution < 1.29 is 27.6 Å². The van der Waals surface area contributed by atoms with Crippen LogP contribution in [-0.2, 0) is 0 Å². The summed E-state index contributed by atoms with van der Waals surface area (Å²) in [6, 6.07) is 0. The highest BCUT2D eigenvalue weighted by atomic mass is 35.5. The van der Waals surface area contributed by atoms with Gasteiger partial charge in [-0.3, -0.25) is 0 Å². The van der Waals surface area contributed by atoms with Crippen molar-refractivity contribution in [2.45, 2.75) is 123 Å². The Bertz CT molecular complexity index is 250. The number of hydrogen-bond donors (Lipinski definition) is 2. The van der Waals surface area contributed by atoms with Gasteiger partial charge in [0, 0.05) is 6.42 Å². The standard InChI is InChI=1S/C21H46NO2.ClH/c1-3-5-6-7-8-9-10-11-12-13-14-15-16-17-18-19-20-21-22(23,24)4-2;/h23-24H,3-21H2,1-2H3;1H/q+1;/p-1. The fourth-order valence-electron chi connectivity index (χ4n) is 3.25. The van der Waals surface area contributed by atoms with Crippen LogP contribution in [0.1, 0.15) is 123 Å². The molecule has 0 fully saturated rings. The zero-order chi connectivity index (χ0) is 17.9. The van der Waals surface area contributed by atoms with E-state index in [1.807, 2.05) is 0 Å². The Morgan fingerprint density at radius 2 is 0.760 bits per heavy atom. The summed E-state index contributed by atoms with van der Waals surface area (Å²) in [7, 11) is 0. The third-order valence-electron chi connectivity index (χ3n) is 5.13. The molecule has 4 heteroatoms. The van der Waals surface area contributed by atoms with Gasteiger partial charge in [-0.1, -0.05) is 103 Å². The van der Waals surface area contributed by atoms with Gasteiger partial charge in [-0.05, 0) is 18.2 Å². The Morgan fingerprint density at radius 1 is 0.480 bits per heavy atom. The van der Waals surface area contributed by atoms with Crippen LogP contribution in [0, 0.1) is 0 Å². The molecule has 0 aliphatic heterocycles. The lowest BCUT2D eigenvalue weighted by Crippen LogP contribution is -3.00. The van der Waals surface area contributed by atoms with Crippen LogP contribution in [-0.4, -0.2) is 28.3 Å². The predicted molar refractivity (Wildman–Crippen MR) is 103 cm³/mol. The van der Waals surface area contributed by atoms with Gasteiger partial charge in [0.15, 0.2) is 0 Å². The minimum absolute atomic E-state index is 0. The van der Waals surface area contributed by atoms with Gasteiger partial charge in [0.2, 0.25) is 0 Å². The number of unbranched alkanes of at least 4 members (excludes halogenated alkanes) is 16. The maximum atomic E-state index is 9.44. The van der Waals surface area contributed by atoms with Crippen molar-refractivity contribution in [3.8, 4) is 0 Å². The fourth-order valence-corrected chi connectivity index (χ4v) is 3.25. The molecule has 0 saturated heterocycles. The number of hydroxylamine groups is 4. The molecule has 25 heavy (non-hydrogen) atoms. The van der Waals surface area contributed by atoms with Crippen molar-refractivity contribution in [2.24, 2.45) is 0 Å². The number of halogens is 1. The van der Waals surface area contributed by atoms with E-state index in [0.717, 1.165) is 12.8 Å². The quantitative estimate of drug-likeness (QED) is 0.200. The summed E-state index contributed by atoms with van der Waals surface area (Å²) in [5.74, 6) is 0. The number of quaternary nitrogens is 1. The molecule has 0 aliphatic carbocycles. The largest absolute Gasteiger partial charge is 1.00 e. The number of nitrogens with zero attached hydrogens (tertiary/aromatic N) is 1. The molecule has 0 radical (unpaired) electrons. The van der Waals surface area contributed by atoms with Crippen LogP contribution in [0.3, 0.4) is 0 Å². The minimum Gasteiger partial charge on any atom is -1.00 e. The first-order valence-corrected chi connectivity index (χ1v) is 10.9. The second-order valence-corrected chi connectivity index (χ2v) is 7.58. The molecule has 154 valence electrons. The van der Waals surface area contributed by atoms with E-state index >= 15 is 0 Å². The van der Waals surface area contributed by atoms with E-state index in [2.05, 4.69) is 6.92 Å². The zero-order valence-corrected chi connectivity index (χ0v) is 17.9. The summed E-state index contributed by atoms with van der Waals surface area (Å²) in [5, 5.41) is 18.9. The van der Waals surface area contributed by atoms with Gasteiger partial charge in [-0.2, -0.15) is 10.4 Å². The molecule has 0 unspecified atom stereocenters. The SMILES string of the molecule is CCCCCCCCCCCCCCCCCCC[N+](O)(O)CC.[Cl-]. The monoisotopic (exact) mass is 379 g/mol. The summed E-state index contributed by atoms with van der Waals surface area (Å²) in [6.07, 6.45) is 23.0. The number of rotatable bonds is 19. The van der Waals surface area contributed by atoms with Gasteiger partial charge in [0.25, 0.3) is 0 Å². The maximum Gasteiger partial charge on any atom is 0.142 e. The van der Waals surface area contributed by atoms with Crippen molar-refractivity contribution in [1.82, 2.24) is 0 Å². The first-order chi connectivity index (χ1) is 11.6. The van der Waals surface area contributed by atoms with Gasteiger partial charge in [-0.25, -0.2) is 0 Å². The lowest BCUT2D eigenvalue weighted by Gasteiger charge is -2.18. The number of hydrogen-bond acceptors (Lipinski definition) is 2. The van der Waals surface area contributed by atoms with Gasteiger partial charge in [0.05, 0.1) is 0 Å². The minimum atomic E-state index is -0.807. The molecule has 2 N–H and O–H groups in total. The van der Waals surface area contributed by atoms with Gasteiger partial charge >= 0.3 is 0 Å². The molecule has 0 saturated carbocycles. The van der Waals surface area contributed by atoms with Crippen molar-refractivity contribution in [1.29, 1.82) is 0 Å². The van der Waals surface area contributed by atoms with Crippen LogP contribution in [0.25, 0.3) is 0 Å². The first kappa shape index (κ1) is 27.4. The smallest absolute Gasteiger partial charge is 0.142 e. The molecular formula is C21H46ClNO2. The summed E-state index contributed by atoms with van der Waals surface area (Å²) in [5.41, 5.74) is 0. The highest BCUT2D eigenvalue weighted by molar-refractivity contribution is 4.50. The molecule has 0 bridgehead atoms. The third kappa shape index (κ3) is 22.1. The molecule has 0 heterocycles. The van der Waals surface area contributed by atoms with E-state index in [9.17, 15) is 10.4 Å². The molecule has 0 spiro atoms. The summed E-state index contributed by atoms with van der Waals surface area (Å²) in [6.45, 7) is 4.92. The average Bonchev–Trinajstić information content (AvgIpc) is 2.57. The average molecular weight is 380 g/mol. The second kappa shape index (κ2) is 20.5. The Balaban J connectivity index is 0. The maximum absolute atomic E-state index is 9.44. The van der Waals surface area contributed by atoms with Crippen molar-refractivity contribution in [3.05, 3.63) is 0 Å². The Kier molecular flexibility index (Phi) is 22.4. The fraction of sp³-hybridized carbons (Fsp3) is 1.00. The summed E-state index contributed by atoms with van der Waals surface area (Å²) in [4.78, 5) is -0.807. The lowest BCUT2D eigenvalue weighted by atomic mass is 10.0. The Morgan fingerprint density at radius 3 is 1.04 bits per heavy atom. The van der Waals surface area contributed by atoms with E-state index in [4.69, 9.17) is 0 Å².